The van der Waals surface area contributed by atoms with E-state index in [1.807, 2.05) is 0 Å². The molecule has 27 heavy (non-hydrogen) atoms. The maximum atomic E-state index is 12.3. The first-order chi connectivity index (χ1) is 12.7. The standard InChI is InChI=1S/C17H19N5O4S/c1-17(2,20-16(23)12-6-3-4-9-19-12)10-26-13-8-5-7-11-14(13)15(18)22-27(24,25)21-11/h3-9,21H,10H2,1-2H3,(H2,18,22)(H,20,23). The van der Waals surface area contributed by atoms with E-state index >= 15 is 0 Å². The number of rotatable bonds is 5. The van der Waals surface area contributed by atoms with Crippen molar-refractivity contribution in [3.8, 4) is 5.75 Å². The van der Waals surface area contributed by atoms with E-state index in [4.69, 9.17) is 10.5 Å². The number of amidine groups is 1. The fourth-order valence-corrected chi connectivity index (χ4v) is 3.34. The van der Waals surface area contributed by atoms with Crippen LogP contribution in [0, 0.1) is 0 Å². The van der Waals surface area contributed by atoms with Gasteiger partial charge >= 0.3 is 10.2 Å². The minimum atomic E-state index is -3.86. The highest BCUT2D eigenvalue weighted by atomic mass is 32.2. The van der Waals surface area contributed by atoms with Crippen LogP contribution in [0.25, 0.3) is 0 Å². The summed E-state index contributed by atoms with van der Waals surface area (Å²) in [6.07, 6.45) is 1.54. The Kier molecular flexibility index (Phi) is 4.75. The molecule has 0 radical (unpaired) electrons. The summed E-state index contributed by atoms with van der Waals surface area (Å²) in [6.45, 7) is 3.70. The second-order valence-electron chi connectivity index (χ2n) is 6.57. The van der Waals surface area contributed by atoms with E-state index in [9.17, 15) is 13.2 Å². The van der Waals surface area contributed by atoms with Crippen LogP contribution in [0.2, 0.25) is 0 Å². The molecular formula is C17H19N5O4S. The molecule has 0 bridgehead atoms. The van der Waals surface area contributed by atoms with Gasteiger partial charge in [-0.1, -0.05) is 12.1 Å². The molecule has 1 aliphatic rings. The summed E-state index contributed by atoms with van der Waals surface area (Å²) in [6, 6.07) is 9.92. The Labute approximate surface area is 156 Å². The van der Waals surface area contributed by atoms with Gasteiger partial charge in [-0.25, -0.2) is 0 Å². The fourth-order valence-electron chi connectivity index (χ4n) is 2.50. The molecule has 0 spiro atoms. The van der Waals surface area contributed by atoms with E-state index in [-0.39, 0.29) is 24.0 Å². The summed E-state index contributed by atoms with van der Waals surface area (Å²) in [5, 5.41) is 2.85. The predicted molar refractivity (Wildman–Crippen MR) is 101 cm³/mol. The smallest absolute Gasteiger partial charge is 0.344 e. The van der Waals surface area contributed by atoms with Crippen LogP contribution in [-0.4, -0.2) is 37.3 Å². The summed E-state index contributed by atoms with van der Waals surface area (Å²) in [7, 11) is -3.86. The molecule has 0 unspecified atom stereocenters. The van der Waals surface area contributed by atoms with Crippen molar-refractivity contribution in [2.75, 3.05) is 11.3 Å². The quantitative estimate of drug-likeness (QED) is 0.699. The van der Waals surface area contributed by atoms with Crippen molar-refractivity contribution in [1.82, 2.24) is 10.3 Å². The first-order valence-corrected chi connectivity index (χ1v) is 9.49. The largest absolute Gasteiger partial charge is 0.490 e. The maximum Gasteiger partial charge on any atom is 0.344 e. The van der Waals surface area contributed by atoms with E-state index in [0.29, 0.717) is 17.0 Å². The van der Waals surface area contributed by atoms with Gasteiger partial charge in [0, 0.05) is 6.20 Å². The van der Waals surface area contributed by atoms with Crippen LogP contribution in [0.15, 0.2) is 47.0 Å². The molecular weight excluding hydrogens is 370 g/mol. The van der Waals surface area contributed by atoms with Crippen LogP contribution in [0.4, 0.5) is 5.69 Å². The van der Waals surface area contributed by atoms with Crippen LogP contribution in [0.1, 0.15) is 29.9 Å². The van der Waals surface area contributed by atoms with Crippen LogP contribution in [0.5, 0.6) is 5.75 Å². The Morgan fingerprint density at radius 2 is 2.04 bits per heavy atom. The van der Waals surface area contributed by atoms with Gasteiger partial charge in [0.05, 0.1) is 16.8 Å². The second-order valence-corrected chi connectivity index (χ2v) is 7.91. The number of benzene rings is 1. The van der Waals surface area contributed by atoms with Gasteiger partial charge in [-0.2, -0.15) is 8.42 Å². The summed E-state index contributed by atoms with van der Waals surface area (Å²) >= 11 is 0. The Bertz CT molecular complexity index is 1000. The topological polar surface area (TPSA) is 136 Å². The Morgan fingerprint density at radius 1 is 1.26 bits per heavy atom. The van der Waals surface area contributed by atoms with Crippen LogP contribution in [0.3, 0.4) is 0 Å². The van der Waals surface area contributed by atoms with Gasteiger partial charge in [0.1, 0.15) is 18.1 Å². The summed E-state index contributed by atoms with van der Waals surface area (Å²) in [4.78, 5) is 16.3. The molecule has 142 valence electrons. The number of nitrogens with two attached hydrogens (primary N) is 1. The Balaban J connectivity index is 1.75. The summed E-state index contributed by atoms with van der Waals surface area (Å²) < 4.78 is 34.8. The van der Waals surface area contributed by atoms with Crippen molar-refractivity contribution >= 4 is 27.6 Å². The van der Waals surface area contributed by atoms with Crippen molar-refractivity contribution in [2.45, 2.75) is 19.4 Å². The molecule has 9 nitrogen and oxygen atoms in total. The lowest BCUT2D eigenvalue weighted by atomic mass is 10.1. The number of ether oxygens (including phenoxy) is 1. The van der Waals surface area contributed by atoms with Crippen molar-refractivity contribution in [1.29, 1.82) is 0 Å². The van der Waals surface area contributed by atoms with Crippen molar-refractivity contribution < 1.29 is 17.9 Å². The van der Waals surface area contributed by atoms with Gasteiger partial charge in [-0.3, -0.25) is 14.5 Å². The molecule has 4 N–H and O–H groups in total. The highest BCUT2D eigenvalue weighted by molar-refractivity contribution is 7.91. The lowest BCUT2D eigenvalue weighted by Crippen LogP contribution is -2.48. The number of carbonyl (C=O) groups is 1. The van der Waals surface area contributed by atoms with E-state index in [1.165, 1.54) is 6.20 Å². The monoisotopic (exact) mass is 389 g/mol. The average Bonchev–Trinajstić information content (AvgIpc) is 2.59. The van der Waals surface area contributed by atoms with Crippen LogP contribution >= 0.6 is 0 Å². The number of amides is 1. The number of hydrogen-bond acceptors (Lipinski definition) is 6. The lowest BCUT2D eigenvalue weighted by molar-refractivity contribution is 0.0875. The van der Waals surface area contributed by atoms with Gasteiger partial charge < -0.3 is 15.8 Å². The molecule has 2 aromatic rings. The molecule has 0 fully saturated rings. The number of aromatic nitrogens is 1. The van der Waals surface area contributed by atoms with Crippen molar-refractivity contribution in [3.05, 3.63) is 53.9 Å². The molecule has 10 heteroatoms. The van der Waals surface area contributed by atoms with Gasteiger partial charge in [0.2, 0.25) is 0 Å². The predicted octanol–water partition coefficient (Wildman–Crippen LogP) is 1.04. The van der Waals surface area contributed by atoms with E-state index in [0.717, 1.165) is 0 Å². The lowest BCUT2D eigenvalue weighted by Gasteiger charge is -2.27. The van der Waals surface area contributed by atoms with Gasteiger partial charge in [0.25, 0.3) is 5.91 Å². The summed E-state index contributed by atoms with van der Waals surface area (Å²) in [5.74, 6) is -0.126. The minimum Gasteiger partial charge on any atom is -0.490 e. The zero-order valence-corrected chi connectivity index (χ0v) is 15.6. The van der Waals surface area contributed by atoms with E-state index in [2.05, 4.69) is 19.4 Å². The SMILES string of the molecule is CC(C)(COc1cccc2c1C(N)=NS(=O)(=O)N2)NC(=O)c1ccccn1. The molecule has 2 heterocycles. The van der Waals surface area contributed by atoms with Gasteiger partial charge in [-0.15, -0.1) is 4.40 Å². The molecule has 1 aromatic carbocycles. The number of nitrogens with one attached hydrogen (secondary N) is 2. The zero-order valence-electron chi connectivity index (χ0n) is 14.8. The highest BCUT2D eigenvalue weighted by Crippen LogP contribution is 2.30. The van der Waals surface area contributed by atoms with E-state index in [1.54, 1.807) is 50.2 Å². The van der Waals surface area contributed by atoms with E-state index < -0.39 is 15.7 Å². The number of nitrogens with zero attached hydrogens (tertiary/aromatic N) is 2. The third-order valence-electron chi connectivity index (χ3n) is 3.68. The normalized spacial score (nSPS) is 15.1. The molecule has 1 amide bonds. The number of pyridine rings is 1. The van der Waals surface area contributed by atoms with Crippen molar-refractivity contribution in [3.63, 3.8) is 0 Å². The Hall–Kier alpha value is -3.14. The van der Waals surface area contributed by atoms with Crippen LogP contribution in [-0.2, 0) is 10.2 Å². The first-order valence-electron chi connectivity index (χ1n) is 8.05. The maximum absolute atomic E-state index is 12.3. The molecule has 0 saturated carbocycles. The van der Waals surface area contributed by atoms with Gasteiger partial charge in [0.15, 0.2) is 5.84 Å². The molecule has 1 aromatic heterocycles. The number of fused-ring (bicyclic) bond motifs is 1. The third kappa shape index (κ3) is 4.34. The third-order valence-corrected chi connectivity index (χ3v) is 4.59. The number of hydrogen-bond donors (Lipinski definition) is 3. The molecule has 0 aliphatic carbocycles. The zero-order chi connectivity index (χ0) is 19.7. The average molecular weight is 389 g/mol. The fraction of sp³-hybridized carbons (Fsp3) is 0.235. The number of carbonyl (C=O) groups excluding carboxylic acids is 1. The molecule has 1 aliphatic heterocycles. The minimum absolute atomic E-state index is 0.113. The Morgan fingerprint density at radius 3 is 2.74 bits per heavy atom. The molecule has 3 rings (SSSR count). The van der Waals surface area contributed by atoms with Crippen molar-refractivity contribution in [2.24, 2.45) is 10.1 Å². The number of anilines is 1. The molecule has 0 atom stereocenters. The van der Waals surface area contributed by atoms with Crippen LogP contribution < -0.4 is 20.5 Å². The molecule has 0 saturated heterocycles. The second kappa shape index (κ2) is 6.88. The highest BCUT2D eigenvalue weighted by Gasteiger charge is 2.27. The van der Waals surface area contributed by atoms with Gasteiger partial charge in [-0.05, 0) is 38.1 Å². The first kappa shape index (κ1) is 18.6. The summed E-state index contributed by atoms with van der Waals surface area (Å²) in [5.41, 5.74) is 6.01.